The van der Waals surface area contributed by atoms with E-state index in [0.29, 0.717) is 37.7 Å². The number of thiazole rings is 1. The Hall–Kier alpha value is -4.54. The molecule has 2 aromatic heterocycles. The molecule has 7 rings (SSSR count). The minimum Gasteiger partial charge on any atom is -0.359 e. The zero-order valence-corrected chi connectivity index (χ0v) is 28.7. The van der Waals surface area contributed by atoms with Crippen molar-refractivity contribution in [2.45, 2.75) is 70.0 Å². The van der Waals surface area contributed by atoms with Crippen molar-refractivity contribution in [3.8, 4) is 22.3 Å². The monoisotopic (exact) mass is 700 g/mol. The second-order valence-corrected chi connectivity index (χ2v) is 14.1. The van der Waals surface area contributed by atoms with Crippen molar-refractivity contribution < 1.29 is 18.0 Å². The first-order valence-corrected chi connectivity index (χ1v) is 18.0. The Morgan fingerprint density at radius 3 is 2.36 bits per heavy atom. The number of fused-ring (bicyclic) bond motifs is 1. The van der Waals surface area contributed by atoms with Gasteiger partial charge in [-0.2, -0.15) is 22.9 Å². The van der Waals surface area contributed by atoms with Crippen LogP contribution in [0.4, 0.5) is 13.2 Å². The number of aryl methyl sites for hydroxylation is 2. The number of amides is 1. The van der Waals surface area contributed by atoms with Gasteiger partial charge >= 0.3 is 6.18 Å². The van der Waals surface area contributed by atoms with Crippen LogP contribution >= 0.6 is 11.3 Å². The van der Waals surface area contributed by atoms with E-state index in [1.165, 1.54) is 5.56 Å². The van der Waals surface area contributed by atoms with E-state index >= 15 is 0 Å². The molecule has 0 spiro atoms. The number of alkyl halides is 3. The van der Waals surface area contributed by atoms with Crippen LogP contribution in [-0.2, 0) is 17.4 Å². The fraction of sp³-hybridized carbons (Fsp3) is 0.432. The Balaban J connectivity index is 0.862. The summed E-state index contributed by atoms with van der Waals surface area (Å²) >= 11 is 1.62. The summed E-state index contributed by atoms with van der Waals surface area (Å²) in [5.74, 6) is 7.30. The number of nitrogens with zero attached hydrogens (tertiary/aromatic N) is 7. The molecule has 260 valence electrons. The third-order valence-electron chi connectivity index (χ3n) is 10.00. The first-order valence-electron chi connectivity index (χ1n) is 17.1. The number of hydrogen-bond acceptors (Lipinski definition) is 8. The lowest BCUT2D eigenvalue weighted by Gasteiger charge is -2.35. The minimum absolute atomic E-state index is 0.0830. The van der Waals surface area contributed by atoms with Crippen LogP contribution in [0, 0.1) is 24.7 Å². The quantitative estimate of drug-likeness (QED) is 0.242. The maximum absolute atomic E-state index is 13.3. The van der Waals surface area contributed by atoms with E-state index in [1.807, 2.05) is 41.6 Å². The van der Waals surface area contributed by atoms with Gasteiger partial charge in [-0.1, -0.05) is 48.2 Å². The fourth-order valence-electron chi connectivity index (χ4n) is 7.02. The van der Waals surface area contributed by atoms with E-state index in [1.54, 1.807) is 11.3 Å². The molecule has 2 aromatic carbocycles. The number of likely N-dealkylation sites (tertiary alicyclic amines) is 2. The van der Waals surface area contributed by atoms with Crippen LogP contribution in [0.5, 0.6) is 0 Å². The standard InChI is InChI=1S/C37H39F3N8OS/c1-24-35(50-23-42-24)30-10-8-29(9-11-30)31(41)22-34(49)47-18-14-26(15-19-47)3-2-25-4-6-27(7-5-25)28-16-20-46(21-17-28)33-13-12-32-43-44-36(37(38,39)40)48(32)45-33/h4-11,23,26,28,31H,12-22,41H2,1H3. The van der Waals surface area contributed by atoms with Gasteiger partial charge in [-0.15, -0.1) is 21.5 Å². The molecule has 50 heavy (non-hydrogen) atoms. The van der Waals surface area contributed by atoms with E-state index in [0.717, 1.165) is 70.7 Å². The molecule has 1 unspecified atom stereocenters. The number of benzene rings is 2. The molecule has 13 heteroatoms. The largest absolute Gasteiger partial charge is 0.453 e. The molecule has 3 aliphatic rings. The van der Waals surface area contributed by atoms with Gasteiger partial charge in [0.25, 0.3) is 5.82 Å². The highest BCUT2D eigenvalue weighted by atomic mass is 32.1. The van der Waals surface area contributed by atoms with Gasteiger partial charge in [-0.05, 0) is 67.3 Å². The Morgan fingerprint density at radius 1 is 0.980 bits per heavy atom. The van der Waals surface area contributed by atoms with Crippen molar-refractivity contribution in [2.75, 3.05) is 26.2 Å². The topological polar surface area (TPSA) is 106 Å². The van der Waals surface area contributed by atoms with Crippen molar-refractivity contribution in [3.05, 3.63) is 88.1 Å². The number of carbonyl (C=O) groups excluding carboxylic acids is 1. The SMILES string of the molecule is Cc1ncsc1-c1ccc(C(N)CC(=O)N2CCC(C#Cc3ccc(C4CCN(C5=Nn6c(nnc6C(F)(F)F)CC5)CC4)cc3)CC2)cc1. The van der Waals surface area contributed by atoms with Gasteiger partial charge in [0, 0.05) is 63.0 Å². The third-order valence-corrected chi connectivity index (χ3v) is 11.0. The second kappa shape index (κ2) is 14.4. The zero-order chi connectivity index (χ0) is 34.8. The highest BCUT2D eigenvalue weighted by Gasteiger charge is 2.40. The van der Waals surface area contributed by atoms with Crippen molar-refractivity contribution in [3.63, 3.8) is 0 Å². The average Bonchev–Trinajstić information content (AvgIpc) is 3.77. The summed E-state index contributed by atoms with van der Waals surface area (Å²) in [6.45, 7) is 4.83. The van der Waals surface area contributed by atoms with Crippen LogP contribution in [0.3, 0.4) is 0 Å². The van der Waals surface area contributed by atoms with E-state index in [9.17, 15) is 18.0 Å². The lowest BCUT2D eigenvalue weighted by atomic mass is 9.88. The number of hydrogen-bond donors (Lipinski definition) is 1. The Bertz CT molecular complexity index is 1910. The van der Waals surface area contributed by atoms with Crippen molar-refractivity contribution >= 4 is 23.1 Å². The maximum Gasteiger partial charge on any atom is 0.453 e. The molecular formula is C37H39F3N8OS. The highest BCUT2D eigenvalue weighted by molar-refractivity contribution is 7.13. The van der Waals surface area contributed by atoms with Gasteiger partial charge in [0.05, 0.1) is 16.1 Å². The van der Waals surface area contributed by atoms with Gasteiger partial charge in [0.2, 0.25) is 5.91 Å². The molecule has 9 nitrogen and oxygen atoms in total. The smallest absolute Gasteiger partial charge is 0.359 e. The molecule has 0 radical (unpaired) electrons. The number of carbonyl (C=O) groups is 1. The van der Waals surface area contributed by atoms with Crippen LogP contribution in [0.25, 0.3) is 10.4 Å². The van der Waals surface area contributed by atoms with Gasteiger partial charge in [-0.3, -0.25) is 4.79 Å². The minimum atomic E-state index is -4.59. The molecule has 3 aliphatic heterocycles. The number of nitrogens with two attached hydrogens (primary N) is 1. The molecule has 1 atom stereocenters. The fourth-order valence-corrected chi connectivity index (χ4v) is 7.84. The summed E-state index contributed by atoms with van der Waals surface area (Å²) in [5.41, 5.74) is 13.6. The molecule has 0 saturated carbocycles. The summed E-state index contributed by atoms with van der Waals surface area (Å²) in [6.07, 6.45) is 0.111. The molecule has 5 heterocycles. The van der Waals surface area contributed by atoms with Crippen molar-refractivity contribution in [2.24, 2.45) is 16.8 Å². The number of piperidine rings is 2. The van der Waals surface area contributed by atoms with Crippen molar-refractivity contribution in [1.82, 2.24) is 29.7 Å². The average molecular weight is 701 g/mol. The predicted molar refractivity (Wildman–Crippen MR) is 186 cm³/mol. The van der Waals surface area contributed by atoms with Crippen LogP contribution in [0.2, 0.25) is 0 Å². The molecule has 2 saturated heterocycles. The summed E-state index contributed by atoms with van der Waals surface area (Å²) < 4.78 is 40.8. The lowest BCUT2D eigenvalue weighted by molar-refractivity contribution is -0.147. The van der Waals surface area contributed by atoms with E-state index in [4.69, 9.17) is 5.73 Å². The van der Waals surface area contributed by atoms with Crippen molar-refractivity contribution in [1.29, 1.82) is 0 Å². The van der Waals surface area contributed by atoms with Gasteiger partial charge in [-0.25, -0.2) is 4.98 Å². The molecule has 0 aliphatic carbocycles. The molecule has 1 amide bonds. The van der Waals surface area contributed by atoms with Crippen LogP contribution in [0.1, 0.15) is 84.5 Å². The Kier molecular flexibility index (Phi) is 9.75. The van der Waals surface area contributed by atoms with E-state index < -0.39 is 12.0 Å². The predicted octanol–water partition coefficient (Wildman–Crippen LogP) is 6.40. The van der Waals surface area contributed by atoms with Crippen LogP contribution in [-0.4, -0.2) is 67.6 Å². The molecule has 2 N–H and O–H groups in total. The normalized spacial score (nSPS) is 17.9. The first kappa shape index (κ1) is 33.9. The summed E-state index contributed by atoms with van der Waals surface area (Å²) in [5, 5.41) is 11.3. The van der Waals surface area contributed by atoms with Crippen LogP contribution in [0.15, 0.2) is 59.1 Å². The number of amidine groups is 1. The van der Waals surface area contributed by atoms with Gasteiger partial charge < -0.3 is 15.5 Å². The maximum atomic E-state index is 13.3. The summed E-state index contributed by atoms with van der Waals surface area (Å²) in [6, 6.07) is 16.2. The second-order valence-electron chi connectivity index (χ2n) is 13.3. The third kappa shape index (κ3) is 7.46. The molecular weight excluding hydrogens is 662 g/mol. The van der Waals surface area contributed by atoms with E-state index in [2.05, 4.69) is 61.3 Å². The number of rotatable bonds is 5. The summed E-state index contributed by atoms with van der Waals surface area (Å²) in [7, 11) is 0. The number of halogens is 3. The molecule has 4 aromatic rings. The Morgan fingerprint density at radius 2 is 1.70 bits per heavy atom. The zero-order valence-electron chi connectivity index (χ0n) is 27.9. The van der Waals surface area contributed by atoms with Gasteiger partial charge in [0.15, 0.2) is 5.82 Å². The Labute approximate surface area is 293 Å². The van der Waals surface area contributed by atoms with Crippen LogP contribution < -0.4 is 5.73 Å². The van der Waals surface area contributed by atoms with Gasteiger partial charge in [0.1, 0.15) is 5.84 Å². The number of aromatic nitrogens is 4. The lowest BCUT2D eigenvalue weighted by Crippen LogP contribution is -2.40. The highest BCUT2D eigenvalue weighted by Crippen LogP contribution is 2.33. The molecule has 0 bridgehead atoms. The molecule has 2 fully saturated rings. The first-order chi connectivity index (χ1) is 24.1. The van der Waals surface area contributed by atoms with E-state index in [-0.39, 0.29) is 30.1 Å². The summed E-state index contributed by atoms with van der Waals surface area (Å²) in [4.78, 5) is 22.5.